The third-order valence-corrected chi connectivity index (χ3v) is 3.23. The molecular formula is C14H13N2S+. The third-order valence-electron chi connectivity index (χ3n) is 2.88. The Morgan fingerprint density at radius 2 is 1.65 bits per heavy atom. The SMILES string of the molecule is Sc1[nH]c2ccccc2[n+]1Cc1ccccc1. The lowest BCUT2D eigenvalue weighted by Gasteiger charge is -1.99. The van der Waals surface area contributed by atoms with Gasteiger partial charge in [0.25, 0.3) is 0 Å². The fourth-order valence-corrected chi connectivity index (χ4v) is 2.34. The van der Waals surface area contributed by atoms with Crippen LogP contribution >= 0.6 is 12.6 Å². The number of benzene rings is 2. The van der Waals surface area contributed by atoms with E-state index in [9.17, 15) is 0 Å². The summed E-state index contributed by atoms with van der Waals surface area (Å²) in [6, 6.07) is 18.6. The van der Waals surface area contributed by atoms with Gasteiger partial charge in [-0.3, -0.25) is 0 Å². The number of nitrogens with one attached hydrogen (secondary N) is 1. The summed E-state index contributed by atoms with van der Waals surface area (Å²) >= 11 is 4.49. The molecule has 0 unspecified atom stereocenters. The monoisotopic (exact) mass is 241 g/mol. The van der Waals surface area contributed by atoms with Crippen LogP contribution in [0.2, 0.25) is 0 Å². The van der Waals surface area contributed by atoms with Crippen molar-refractivity contribution in [3.8, 4) is 0 Å². The molecule has 0 saturated heterocycles. The number of fused-ring (bicyclic) bond motifs is 1. The Kier molecular flexibility index (Phi) is 2.61. The van der Waals surface area contributed by atoms with Crippen molar-refractivity contribution in [1.82, 2.24) is 4.98 Å². The molecule has 0 aliphatic rings. The highest BCUT2D eigenvalue weighted by Crippen LogP contribution is 2.12. The molecule has 3 rings (SSSR count). The lowest BCUT2D eigenvalue weighted by atomic mass is 10.2. The molecule has 0 radical (unpaired) electrons. The molecule has 17 heavy (non-hydrogen) atoms. The summed E-state index contributed by atoms with van der Waals surface area (Å²) in [7, 11) is 0. The van der Waals surface area contributed by atoms with Crippen LogP contribution in [-0.2, 0) is 6.54 Å². The number of hydrogen-bond donors (Lipinski definition) is 2. The maximum atomic E-state index is 4.49. The number of para-hydroxylation sites is 2. The molecule has 0 atom stereocenters. The summed E-state index contributed by atoms with van der Waals surface area (Å²) in [5.41, 5.74) is 3.58. The van der Waals surface area contributed by atoms with Gasteiger partial charge in [-0.2, -0.15) is 0 Å². The molecule has 0 bridgehead atoms. The van der Waals surface area contributed by atoms with Crippen LogP contribution in [0.1, 0.15) is 5.56 Å². The van der Waals surface area contributed by atoms with Gasteiger partial charge in [0.15, 0.2) is 11.0 Å². The molecular weight excluding hydrogens is 228 g/mol. The maximum absolute atomic E-state index is 4.49. The highest BCUT2D eigenvalue weighted by Gasteiger charge is 2.14. The maximum Gasteiger partial charge on any atom is 0.313 e. The van der Waals surface area contributed by atoms with Crippen LogP contribution in [0.3, 0.4) is 0 Å². The van der Waals surface area contributed by atoms with Gasteiger partial charge in [0.2, 0.25) is 0 Å². The van der Waals surface area contributed by atoms with Crippen molar-refractivity contribution >= 4 is 23.7 Å². The van der Waals surface area contributed by atoms with Crippen LogP contribution in [0.15, 0.2) is 59.8 Å². The second kappa shape index (κ2) is 4.26. The zero-order chi connectivity index (χ0) is 11.7. The molecule has 0 aliphatic heterocycles. The van der Waals surface area contributed by atoms with Crippen molar-refractivity contribution in [2.45, 2.75) is 11.7 Å². The van der Waals surface area contributed by atoms with E-state index in [1.807, 2.05) is 18.2 Å². The van der Waals surface area contributed by atoms with Crippen LogP contribution in [0, 0.1) is 0 Å². The van der Waals surface area contributed by atoms with E-state index in [2.05, 4.69) is 58.6 Å². The summed E-state index contributed by atoms with van der Waals surface area (Å²) in [5, 5.41) is 0.884. The Labute approximate surface area is 105 Å². The Morgan fingerprint density at radius 1 is 0.941 bits per heavy atom. The lowest BCUT2D eigenvalue weighted by Crippen LogP contribution is -2.34. The van der Waals surface area contributed by atoms with E-state index in [4.69, 9.17) is 0 Å². The van der Waals surface area contributed by atoms with E-state index in [0.29, 0.717) is 0 Å². The van der Waals surface area contributed by atoms with Crippen LogP contribution in [-0.4, -0.2) is 4.98 Å². The number of H-pyrrole nitrogens is 1. The van der Waals surface area contributed by atoms with E-state index >= 15 is 0 Å². The Morgan fingerprint density at radius 3 is 2.47 bits per heavy atom. The minimum absolute atomic E-state index is 0.837. The molecule has 1 aromatic heterocycles. The predicted octanol–water partition coefficient (Wildman–Crippen LogP) is 2.79. The topological polar surface area (TPSA) is 19.7 Å². The first kappa shape index (κ1) is 10.4. The number of thiol groups is 1. The number of rotatable bonds is 2. The van der Waals surface area contributed by atoms with Gasteiger partial charge in [-0.25, -0.2) is 9.55 Å². The van der Waals surface area contributed by atoms with Crippen LogP contribution in [0.5, 0.6) is 0 Å². The molecule has 0 fully saturated rings. The minimum atomic E-state index is 0.837. The number of aromatic amines is 1. The summed E-state index contributed by atoms with van der Waals surface area (Å²) in [6.07, 6.45) is 0. The van der Waals surface area contributed by atoms with Gasteiger partial charge in [-0.1, -0.05) is 55.1 Å². The van der Waals surface area contributed by atoms with Gasteiger partial charge in [0.1, 0.15) is 6.54 Å². The normalized spacial score (nSPS) is 10.9. The average Bonchev–Trinajstić information content (AvgIpc) is 2.68. The quantitative estimate of drug-likeness (QED) is 0.508. The van der Waals surface area contributed by atoms with Crippen LogP contribution in [0.25, 0.3) is 11.0 Å². The second-order valence-corrected chi connectivity index (χ2v) is 4.46. The molecule has 0 amide bonds. The first-order valence-corrected chi connectivity index (χ1v) is 6.03. The van der Waals surface area contributed by atoms with Gasteiger partial charge in [-0.05, 0) is 17.7 Å². The van der Waals surface area contributed by atoms with E-state index in [-0.39, 0.29) is 0 Å². The molecule has 2 aromatic carbocycles. The van der Waals surface area contributed by atoms with Gasteiger partial charge < -0.3 is 0 Å². The lowest BCUT2D eigenvalue weighted by molar-refractivity contribution is -0.699. The fourth-order valence-electron chi connectivity index (χ4n) is 2.04. The molecule has 84 valence electrons. The standard InChI is InChI=1S/C14H12N2S/c17-14-15-12-8-4-5-9-13(12)16(14)10-11-6-2-1-3-7-11/h1-9H,10H2,(H,15,17)/p+1. The second-order valence-electron chi connectivity index (χ2n) is 4.04. The Balaban J connectivity index is 2.08. The van der Waals surface area contributed by atoms with Gasteiger partial charge >= 0.3 is 5.16 Å². The highest BCUT2D eigenvalue weighted by atomic mass is 32.1. The van der Waals surface area contributed by atoms with Crippen molar-refractivity contribution in [3.63, 3.8) is 0 Å². The third kappa shape index (κ3) is 1.94. The largest absolute Gasteiger partial charge is 0.313 e. The van der Waals surface area contributed by atoms with Gasteiger partial charge in [0, 0.05) is 0 Å². The summed E-state index contributed by atoms with van der Waals surface area (Å²) < 4.78 is 2.17. The predicted molar refractivity (Wildman–Crippen MR) is 71.3 cm³/mol. The molecule has 0 saturated carbocycles. The smallest absolute Gasteiger partial charge is 0.231 e. The van der Waals surface area contributed by atoms with Crippen molar-refractivity contribution in [2.24, 2.45) is 0 Å². The molecule has 3 aromatic rings. The number of hydrogen-bond acceptors (Lipinski definition) is 1. The first-order chi connectivity index (χ1) is 8.34. The van der Waals surface area contributed by atoms with E-state index in [1.54, 1.807) is 0 Å². The zero-order valence-corrected chi connectivity index (χ0v) is 10.2. The van der Waals surface area contributed by atoms with E-state index < -0.39 is 0 Å². The number of imidazole rings is 1. The minimum Gasteiger partial charge on any atom is -0.231 e. The van der Waals surface area contributed by atoms with Gasteiger partial charge in [-0.15, -0.1) is 0 Å². The molecule has 3 heteroatoms. The van der Waals surface area contributed by atoms with Crippen molar-refractivity contribution in [2.75, 3.05) is 0 Å². The van der Waals surface area contributed by atoms with Crippen LogP contribution < -0.4 is 4.57 Å². The van der Waals surface area contributed by atoms with Crippen LogP contribution in [0.4, 0.5) is 0 Å². The number of nitrogens with zero attached hydrogens (tertiary/aromatic N) is 1. The summed E-state index contributed by atoms with van der Waals surface area (Å²) in [4.78, 5) is 3.27. The summed E-state index contributed by atoms with van der Waals surface area (Å²) in [5.74, 6) is 0. The molecule has 1 N–H and O–H groups in total. The molecule has 0 aliphatic carbocycles. The van der Waals surface area contributed by atoms with E-state index in [0.717, 1.165) is 17.2 Å². The van der Waals surface area contributed by atoms with Gasteiger partial charge in [0.05, 0.1) is 0 Å². The first-order valence-electron chi connectivity index (χ1n) is 5.58. The van der Waals surface area contributed by atoms with Crippen molar-refractivity contribution < 1.29 is 4.57 Å². The number of aromatic nitrogens is 2. The average molecular weight is 241 g/mol. The van der Waals surface area contributed by atoms with E-state index in [1.165, 1.54) is 11.1 Å². The highest BCUT2D eigenvalue weighted by molar-refractivity contribution is 7.80. The van der Waals surface area contributed by atoms with Crippen molar-refractivity contribution in [3.05, 3.63) is 60.2 Å². The zero-order valence-electron chi connectivity index (χ0n) is 9.30. The summed E-state index contributed by atoms with van der Waals surface area (Å²) in [6.45, 7) is 0.837. The fraction of sp³-hybridized carbons (Fsp3) is 0.0714. The molecule has 1 heterocycles. The van der Waals surface area contributed by atoms with Crippen molar-refractivity contribution in [1.29, 1.82) is 0 Å². The Bertz CT molecular complexity index is 644. The molecule has 0 spiro atoms. The Hall–Kier alpha value is -1.74. The molecule has 2 nitrogen and oxygen atoms in total.